The average molecular weight is 293 g/mol. The zero-order valence-corrected chi connectivity index (χ0v) is 12.2. The molecular weight excluding hydrogens is 275 g/mol. The molecule has 0 fully saturated rings. The van der Waals surface area contributed by atoms with Crippen molar-refractivity contribution in [1.82, 2.24) is 4.72 Å². The van der Waals surface area contributed by atoms with E-state index in [1.807, 2.05) is 0 Å². The van der Waals surface area contributed by atoms with Crippen LogP contribution in [0, 0.1) is 6.92 Å². The average Bonchev–Trinajstić information content (AvgIpc) is 2.24. The minimum absolute atomic E-state index is 0.0655. The Labute approximate surface area is 114 Å². The SMILES string of the molecule is Cc1ccc([C@H](N[S@@](=O)C(C)(C)C)C(F)(F)F)cc1. The molecule has 108 valence electrons. The minimum atomic E-state index is -4.49. The minimum Gasteiger partial charge on any atom is -0.242 e. The highest BCUT2D eigenvalue weighted by atomic mass is 32.2. The zero-order chi connectivity index (χ0) is 14.8. The highest BCUT2D eigenvalue weighted by Gasteiger charge is 2.42. The lowest BCUT2D eigenvalue weighted by atomic mass is 10.1. The van der Waals surface area contributed by atoms with Gasteiger partial charge in [0, 0.05) is 0 Å². The van der Waals surface area contributed by atoms with Crippen LogP contribution in [0.2, 0.25) is 0 Å². The van der Waals surface area contributed by atoms with E-state index in [1.54, 1.807) is 39.8 Å². The van der Waals surface area contributed by atoms with Gasteiger partial charge in [0.05, 0.1) is 15.7 Å². The van der Waals surface area contributed by atoms with Crippen molar-refractivity contribution in [3.63, 3.8) is 0 Å². The summed E-state index contributed by atoms with van der Waals surface area (Å²) >= 11 is 0. The molecule has 0 heterocycles. The van der Waals surface area contributed by atoms with Crippen molar-refractivity contribution in [2.45, 2.75) is 44.7 Å². The first-order valence-corrected chi connectivity index (χ1v) is 6.98. The Morgan fingerprint density at radius 3 is 1.95 bits per heavy atom. The van der Waals surface area contributed by atoms with Gasteiger partial charge in [-0.2, -0.15) is 13.2 Å². The fraction of sp³-hybridized carbons (Fsp3) is 0.538. The second-order valence-electron chi connectivity index (χ2n) is 5.38. The Balaban J connectivity index is 3.04. The van der Waals surface area contributed by atoms with E-state index in [0.717, 1.165) is 5.56 Å². The molecule has 19 heavy (non-hydrogen) atoms. The van der Waals surface area contributed by atoms with E-state index in [-0.39, 0.29) is 5.56 Å². The van der Waals surface area contributed by atoms with E-state index in [1.165, 1.54) is 12.1 Å². The topological polar surface area (TPSA) is 29.1 Å². The molecule has 0 saturated carbocycles. The van der Waals surface area contributed by atoms with Crippen LogP contribution in [0.5, 0.6) is 0 Å². The molecule has 0 bridgehead atoms. The van der Waals surface area contributed by atoms with Gasteiger partial charge in [-0.25, -0.2) is 8.93 Å². The van der Waals surface area contributed by atoms with Gasteiger partial charge in [-0.15, -0.1) is 0 Å². The normalized spacial score (nSPS) is 16.2. The molecule has 1 aromatic rings. The number of alkyl halides is 3. The van der Waals surface area contributed by atoms with E-state index in [4.69, 9.17) is 0 Å². The van der Waals surface area contributed by atoms with Gasteiger partial charge in [-0.3, -0.25) is 0 Å². The predicted molar refractivity (Wildman–Crippen MR) is 71.0 cm³/mol. The van der Waals surface area contributed by atoms with Crippen LogP contribution in [-0.4, -0.2) is 15.1 Å². The molecular formula is C13H18F3NOS. The van der Waals surface area contributed by atoms with Gasteiger partial charge in [0.2, 0.25) is 0 Å². The monoisotopic (exact) mass is 293 g/mol. The van der Waals surface area contributed by atoms with E-state index in [9.17, 15) is 17.4 Å². The van der Waals surface area contributed by atoms with Crippen LogP contribution in [-0.2, 0) is 11.0 Å². The van der Waals surface area contributed by atoms with Crippen molar-refractivity contribution >= 4 is 11.0 Å². The van der Waals surface area contributed by atoms with Crippen LogP contribution in [0.4, 0.5) is 13.2 Å². The van der Waals surface area contributed by atoms with Crippen LogP contribution in [0.1, 0.15) is 37.9 Å². The highest BCUT2D eigenvalue weighted by Crippen LogP contribution is 2.33. The fourth-order valence-electron chi connectivity index (χ4n) is 1.37. The molecule has 0 amide bonds. The second kappa shape index (κ2) is 5.63. The Hall–Kier alpha value is -0.880. The van der Waals surface area contributed by atoms with Crippen molar-refractivity contribution in [2.75, 3.05) is 0 Å². The first-order chi connectivity index (χ1) is 8.51. The van der Waals surface area contributed by atoms with Crippen LogP contribution >= 0.6 is 0 Å². The van der Waals surface area contributed by atoms with E-state index in [0.29, 0.717) is 0 Å². The molecule has 0 aliphatic rings. The van der Waals surface area contributed by atoms with Gasteiger partial charge in [0.25, 0.3) is 0 Å². The third-order valence-corrected chi connectivity index (χ3v) is 4.08. The smallest absolute Gasteiger partial charge is 0.242 e. The van der Waals surface area contributed by atoms with Crippen molar-refractivity contribution in [3.05, 3.63) is 35.4 Å². The Morgan fingerprint density at radius 2 is 1.58 bits per heavy atom. The number of benzene rings is 1. The van der Waals surface area contributed by atoms with Gasteiger partial charge < -0.3 is 0 Å². The molecule has 0 aliphatic carbocycles. The summed E-state index contributed by atoms with van der Waals surface area (Å²) in [5, 5.41) is 0. The summed E-state index contributed by atoms with van der Waals surface area (Å²) in [6.07, 6.45) is -4.49. The predicted octanol–water partition coefficient (Wildman–Crippen LogP) is 3.65. The summed E-state index contributed by atoms with van der Waals surface area (Å²) in [5.74, 6) is 0. The fourth-order valence-corrected chi connectivity index (χ4v) is 2.20. The maximum absolute atomic E-state index is 13.1. The largest absolute Gasteiger partial charge is 0.408 e. The standard InChI is InChI=1S/C13H18F3NOS/c1-9-5-7-10(8-6-9)11(13(14,15)16)17-19(18)12(2,3)4/h5-8,11,17H,1-4H3/t11-,19-/m0/s1. The van der Waals surface area contributed by atoms with Gasteiger partial charge in [-0.05, 0) is 33.3 Å². The number of rotatable bonds is 3. The van der Waals surface area contributed by atoms with Gasteiger partial charge in [0.15, 0.2) is 0 Å². The molecule has 1 N–H and O–H groups in total. The first-order valence-electron chi connectivity index (χ1n) is 5.83. The summed E-state index contributed by atoms with van der Waals surface area (Å²) in [4.78, 5) is 0. The van der Waals surface area contributed by atoms with Crippen LogP contribution in [0.25, 0.3) is 0 Å². The first kappa shape index (κ1) is 16.2. The van der Waals surface area contributed by atoms with Crippen molar-refractivity contribution in [3.8, 4) is 0 Å². The van der Waals surface area contributed by atoms with Crippen molar-refractivity contribution in [1.29, 1.82) is 0 Å². The van der Waals surface area contributed by atoms with Gasteiger partial charge >= 0.3 is 6.18 Å². The van der Waals surface area contributed by atoms with Crippen LogP contribution < -0.4 is 4.72 Å². The lowest BCUT2D eigenvalue weighted by Gasteiger charge is -2.26. The molecule has 1 rings (SSSR count). The Kier molecular flexibility index (Phi) is 4.79. The third-order valence-electron chi connectivity index (χ3n) is 2.52. The summed E-state index contributed by atoms with van der Waals surface area (Å²) in [6, 6.07) is 4.10. The number of aryl methyl sites for hydroxylation is 1. The molecule has 6 heteroatoms. The Morgan fingerprint density at radius 1 is 1.11 bits per heavy atom. The summed E-state index contributed by atoms with van der Waals surface area (Å²) in [6.45, 7) is 6.67. The van der Waals surface area contributed by atoms with E-state index < -0.39 is 28.0 Å². The lowest BCUT2D eigenvalue weighted by molar-refractivity contribution is -0.152. The highest BCUT2D eigenvalue weighted by molar-refractivity contribution is 7.84. The lowest BCUT2D eigenvalue weighted by Crippen LogP contribution is -2.41. The molecule has 0 aromatic heterocycles. The summed E-state index contributed by atoms with van der Waals surface area (Å²) < 4.78 is 52.5. The maximum atomic E-state index is 13.1. The molecule has 0 saturated heterocycles. The number of nitrogens with one attached hydrogen (secondary N) is 1. The quantitative estimate of drug-likeness (QED) is 0.905. The van der Waals surface area contributed by atoms with Crippen LogP contribution in [0.15, 0.2) is 24.3 Å². The van der Waals surface area contributed by atoms with Gasteiger partial charge in [0.1, 0.15) is 6.04 Å². The number of hydrogen-bond acceptors (Lipinski definition) is 1. The third kappa shape index (κ3) is 4.62. The maximum Gasteiger partial charge on any atom is 0.408 e. The molecule has 1 aromatic carbocycles. The zero-order valence-electron chi connectivity index (χ0n) is 11.3. The molecule has 0 aliphatic heterocycles. The molecule has 0 unspecified atom stereocenters. The molecule has 0 spiro atoms. The molecule has 0 radical (unpaired) electrons. The number of hydrogen-bond donors (Lipinski definition) is 1. The Bertz CT molecular complexity index is 448. The van der Waals surface area contributed by atoms with E-state index >= 15 is 0 Å². The van der Waals surface area contributed by atoms with Crippen LogP contribution in [0.3, 0.4) is 0 Å². The van der Waals surface area contributed by atoms with Crippen molar-refractivity contribution in [2.24, 2.45) is 0 Å². The number of halogens is 3. The van der Waals surface area contributed by atoms with Crippen molar-refractivity contribution < 1.29 is 17.4 Å². The molecule has 2 atom stereocenters. The second-order valence-corrected chi connectivity index (χ2v) is 7.38. The van der Waals surface area contributed by atoms with Gasteiger partial charge in [-0.1, -0.05) is 29.8 Å². The summed E-state index contributed by atoms with van der Waals surface area (Å²) in [7, 11) is -1.79. The molecule has 2 nitrogen and oxygen atoms in total. The van der Waals surface area contributed by atoms with E-state index in [2.05, 4.69) is 4.72 Å². The summed E-state index contributed by atoms with van der Waals surface area (Å²) in [5.41, 5.74) is 0.942.